The molecule has 2 N–H and O–H groups in total. The molecule has 0 saturated carbocycles. The van der Waals surface area contributed by atoms with Crippen molar-refractivity contribution in [3.63, 3.8) is 0 Å². The summed E-state index contributed by atoms with van der Waals surface area (Å²) in [7, 11) is 0. The minimum Gasteiger partial charge on any atom is -0.429 e. The number of nitrogens with zero attached hydrogens (tertiary/aromatic N) is 1. The van der Waals surface area contributed by atoms with Crippen molar-refractivity contribution >= 4 is 18.6 Å². The van der Waals surface area contributed by atoms with Gasteiger partial charge in [0.2, 0.25) is 0 Å². The maximum atomic E-state index is 7.00. The molecule has 0 spiro atoms. The van der Waals surface area contributed by atoms with E-state index in [9.17, 15) is 0 Å². The van der Waals surface area contributed by atoms with Crippen LogP contribution in [0.3, 0.4) is 0 Å². The Morgan fingerprint density at radius 3 is 2.55 bits per heavy atom. The van der Waals surface area contributed by atoms with Crippen LogP contribution in [-0.2, 0) is 6.42 Å². The normalized spacial score (nSPS) is 11.3. The number of hydrogen-bond donors (Lipinski definition) is 2. The summed E-state index contributed by atoms with van der Waals surface area (Å²) in [6.45, 7) is 0. The summed E-state index contributed by atoms with van der Waals surface area (Å²) in [6, 6.07) is 17.2. The molecule has 0 atom stereocenters. The summed E-state index contributed by atoms with van der Waals surface area (Å²) in [5, 5.41) is 15.3. The van der Waals surface area contributed by atoms with Gasteiger partial charge < -0.3 is 10.0 Å². The number of pyridine rings is 1. The summed E-state index contributed by atoms with van der Waals surface area (Å²) in [5.74, 6) is 0. The molecule has 0 amide bonds. The minimum absolute atomic E-state index is 0. The first-order valence-electron chi connectivity index (χ1n) is 6.40. The van der Waals surface area contributed by atoms with Gasteiger partial charge in [-0.05, 0) is 40.8 Å². The molecule has 0 fully saturated rings. The zero-order valence-electron chi connectivity index (χ0n) is 10.8. The van der Waals surface area contributed by atoms with Crippen LogP contribution < -0.4 is 0 Å². The highest BCUT2D eigenvalue weighted by atomic mass is 16.4. The summed E-state index contributed by atoms with van der Waals surface area (Å²) >= 11 is 0. The molecule has 20 heavy (non-hydrogen) atoms. The van der Waals surface area contributed by atoms with Gasteiger partial charge in [-0.3, -0.25) is 4.98 Å². The fraction of sp³-hybridized carbons (Fsp3) is 0.0625. The molecule has 4 rings (SSSR count). The molecule has 3 nitrogen and oxygen atoms in total. The average molecular weight is 262 g/mol. The molecule has 4 heteroatoms. The highest BCUT2D eigenvalue weighted by Gasteiger charge is 2.19. The van der Waals surface area contributed by atoms with E-state index < -0.39 is 0 Å². The molecule has 0 unspecified atom stereocenters. The monoisotopic (exact) mass is 262 g/mol. The van der Waals surface area contributed by atoms with E-state index in [1.54, 1.807) is 0 Å². The van der Waals surface area contributed by atoms with Crippen LogP contribution in [0.15, 0.2) is 54.7 Å². The standard InChI is InChI=1S/C16H11N.BH2O2/c1-2-5-12-11(4-1)10-15-13(12)7-8-16-14(15)6-3-9-17-16;2-1-3/h1-9H,10H2;2-3H. The minimum atomic E-state index is 0. The number of aromatic nitrogens is 1. The van der Waals surface area contributed by atoms with E-state index >= 15 is 0 Å². The lowest BCUT2D eigenvalue weighted by Gasteiger charge is -2.04. The Morgan fingerprint density at radius 1 is 0.900 bits per heavy atom. The molecule has 97 valence electrons. The number of fused-ring (bicyclic) bond motifs is 5. The van der Waals surface area contributed by atoms with Crippen LogP contribution in [0.25, 0.3) is 22.0 Å². The Hall–Kier alpha value is -2.17. The van der Waals surface area contributed by atoms with Crippen molar-refractivity contribution in [1.82, 2.24) is 4.98 Å². The lowest BCUT2D eigenvalue weighted by atomic mass is 10.0. The van der Waals surface area contributed by atoms with Crippen LogP contribution in [0.4, 0.5) is 0 Å². The largest absolute Gasteiger partial charge is 0.482 e. The predicted octanol–water partition coefficient (Wildman–Crippen LogP) is 2.31. The second-order valence-electron chi connectivity index (χ2n) is 4.61. The van der Waals surface area contributed by atoms with Crippen molar-refractivity contribution in [1.29, 1.82) is 0 Å². The van der Waals surface area contributed by atoms with E-state index in [4.69, 9.17) is 10.0 Å². The summed E-state index contributed by atoms with van der Waals surface area (Å²) < 4.78 is 0. The molecule has 1 aromatic heterocycles. The van der Waals surface area contributed by atoms with E-state index in [0.29, 0.717) is 0 Å². The van der Waals surface area contributed by atoms with Crippen LogP contribution in [-0.4, -0.2) is 22.7 Å². The highest BCUT2D eigenvalue weighted by Crippen LogP contribution is 2.39. The molecule has 1 aliphatic rings. The van der Waals surface area contributed by atoms with Crippen molar-refractivity contribution in [2.24, 2.45) is 0 Å². The van der Waals surface area contributed by atoms with Gasteiger partial charge in [0, 0.05) is 11.6 Å². The Morgan fingerprint density at radius 2 is 1.70 bits per heavy atom. The zero-order chi connectivity index (χ0) is 13.9. The molecule has 3 aromatic rings. The van der Waals surface area contributed by atoms with Crippen molar-refractivity contribution in [3.8, 4) is 11.1 Å². The first-order chi connectivity index (χ1) is 9.85. The fourth-order valence-electron chi connectivity index (χ4n) is 2.78. The second-order valence-corrected chi connectivity index (χ2v) is 4.61. The van der Waals surface area contributed by atoms with Gasteiger partial charge in [-0.25, -0.2) is 0 Å². The van der Waals surface area contributed by atoms with Crippen LogP contribution >= 0.6 is 0 Å². The lowest BCUT2D eigenvalue weighted by Crippen LogP contribution is -1.85. The van der Waals surface area contributed by atoms with E-state index in [1.165, 1.54) is 27.6 Å². The Labute approximate surface area is 117 Å². The van der Waals surface area contributed by atoms with Gasteiger partial charge in [-0.2, -0.15) is 0 Å². The molecular formula is C16H13BNO2. The predicted molar refractivity (Wildman–Crippen MR) is 80.2 cm³/mol. The number of benzene rings is 2. The fourth-order valence-corrected chi connectivity index (χ4v) is 2.78. The molecule has 1 radical (unpaired) electrons. The molecule has 0 aliphatic heterocycles. The molecule has 1 heterocycles. The van der Waals surface area contributed by atoms with E-state index in [2.05, 4.69) is 47.4 Å². The summed E-state index contributed by atoms with van der Waals surface area (Å²) in [4.78, 5) is 4.42. The van der Waals surface area contributed by atoms with Gasteiger partial charge in [0.25, 0.3) is 0 Å². The van der Waals surface area contributed by atoms with E-state index in [-0.39, 0.29) is 7.69 Å². The second kappa shape index (κ2) is 5.45. The SMILES string of the molecule is O[B]O.c1ccc2c(c1)Cc1c-2ccc2ncccc12. The first kappa shape index (κ1) is 12.8. The third-order valence-corrected chi connectivity index (χ3v) is 3.57. The Bertz CT molecular complexity index is 758. The van der Waals surface area contributed by atoms with Gasteiger partial charge in [0.05, 0.1) is 5.52 Å². The maximum Gasteiger partial charge on any atom is 0.482 e. The van der Waals surface area contributed by atoms with Crippen LogP contribution in [0.2, 0.25) is 0 Å². The van der Waals surface area contributed by atoms with Crippen molar-refractivity contribution in [2.45, 2.75) is 6.42 Å². The third-order valence-electron chi connectivity index (χ3n) is 3.57. The van der Waals surface area contributed by atoms with Gasteiger partial charge >= 0.3 is 7.69 Å². The highest BCUT2D eigenvalue weighted by molar-refractivity contribution is 6.13. The molecule has 1 aliphatic carbocycles. The Balaban J connectivity index is 0.000000373. The molecule has 0 bridgehead atoms. The molecular weight excluding hydrogens is 249 g/mol. The molecule has 2 aromatic carbocycles. The average Bonchev–Trinajstić information content (AvgIpc) is 2.87. The van der Waals surface area contributed by atoms with Crippen LogP contribution in [0, 0.1) is 0 Å². The first-order valence-corrected chi connectivity index (χ1v) is 6.40. The van der Waals surface area contributed by atoms with Gasteiger partial charge in [0.15, 0.2) is 0 Å². The third kappa shape index (κ3) is 2.09. The van der Waals surface area contributed by atoms with E-state index in [0.717, 1.165) is 11.9 Å². The molecule has 0 saturated heterocycles. The van der Waals surface area contributed by atoms with E-state index in [1.807, 2.05) is 12.3 Å². The summed E-state index contributed by atoms with van der Waals surface area (Å²) in [5.41, 5.74) is 6.71. The van der Waals surface area contributed by atoms with Crippen molar-refractivity contribution < 1.29 is 10.0 Å². The van der Waals surface area contributed by atoms with Crippen molar-refractivity contribution in [2.75, 3.05) is 0 Å². The van der Waals surface area contributed by atoms with Gasteiger partial charge in [-0.1, -0.05) is 36.4 Å². The number of hydrogen-bond acceptors (Lipinski definition) is 3. The van der Waals surface area contributed by atoms with Gasteiger partial charge in [-0.15, -0.1) is 0 Å². The van der Waals surface area contributed by atoms with Crippen LogP contribution in [0.5, 0.6) is 0 Å². The van der Waals surface area contributed by atoms with Crippen LogP contribution in [0.1, 0.15) is 11.1 Å². The number of rotatable bonds is 0. The Kier molecular flexibility index (Phi) is 3.50. The maximum absolute atomic E-state index is 7.00. The van der Waals surface area contributed by atoms with Gasteiger partial charge in [0.1, 0.15) is 0 Å². The topological polar surface area (TPSA) is 53.4 Å². The van der Waals surface area contributed by atoms with Crippen molar-refractivity contribution in [3.05, 3.63) is 65.9 Å². The smallest absolute Gasteiger partial charge is 0.429 e. The lowest BCUT2D eigenvalue weighted by molar-refractivity contribution is 0.448. The zero-order valence-corrected chi connectivity index (χ0v) is 10.8. The quantitative estimate of drug-likeness (QED) is 0.478. The summed E-state index contributed by atoms with van der Waals surface area (Å²) in [6.07, 6.45) is 2.89.